The Morgan fingerprint density at radius 2 is 1.88 bits per heavy atom. The lowest BCUT2D eigenvalue weighted by molar-refractivity contribution is -0.885. The van der Waals surface area contributed by atoms with Crippen LogP contribution in [-0.4, -0.2) is 51.9 Å². The minimum Gasteiger partial charge on any atom is -0.456 e. The molecule has 1 rings (SSSR count). The molecule has 17 heavy (non-hydrogen) atoms. The highest BCUT2D eigenvalue weighted by atomic mass is 16.6. The SMILES string of the molecule is CO[n+]1ccc(C(=O)OCC[N+](C)(C)C)cc1. The molecule has 0 N–H and O–H groups in total. The van der Waals surface area contributed by atoms with Gasteiger partial charge in [-0.3, -0.25) is 4.84 Å². The number of aromatic nitrogens is 1. The Kier molecular flexibility index (Phi) is 4.45. The van der Waals surface area contributed by atoms with E-state index in [1.54, 1.807) is 31.6 Å². The van der Waals surface area contributed by atoms with Crippen LogP contribution in [0.5, 0.6) is 0 Å². The minimum atomic E-state index is -0.304. The molecule has 0 fully saturated rings. The molecule has 0 atom stereocenters. The number of carbonyl (C=O) groups excluding carboxylic acids is 1. The number of nitrogens with zero attached hydrogens (tertiary/aromatic N) is 2. The average Bonchev–Trinajstić information content (AvgIpc) is 2.27. The maximum absolute atomic E-state index is 11.7. The zero-order valence-electron chi connectivity index (χ0n) is 10.8. The molecule has 5 heteroatoms. The second-order valence-electron chi connectivity index (χ2n) is 4.78. The summed E-state index contributed by atoms with van der Waals surface area (Å²) in [5.41, 5.74) is 0.528. The fourth-order valence-corrected chi connectivity index (χ4v) is 1.17. The Bertz CT molecular complexity index is 368. The van der Waals surface area contributed by atoms with Crippen molar-refractivity contribution in [1.29, 1.82) is 0 Å². The Morgan fingerprint density at radius 3 is 2.35 bits per heavy atom. The summed E-state index contributed by atoms with van der Waals surface area (Å²) in [6, 6.07) is 3.33. The molecule has 1 aromatic rings. The van der Waals surface area contributed by atoms with Gasteiger partial charge >= 0.3 is 5.97 Å². The third-order valence-electron chi connectivity index (χ3n) is 2.24. The predicted octanol–water partition coefficient (Wildman–Crippen LogP) is -0.104. The van der Waals surface area contributed by atoms with E-state index >= 15 is 0 Å². The Morgan fingerprint density at radius 1 is 1.29 bits per heavy atom. The zero-order chi connectivity index (χ0) is 12.9. The molecular formula is C12H20N2O3+2. The number of ether oxygens (including phenoxy) is 1. The van der Waals surface area contributed by atoms with Gasteiger partial charge in [-0.1, -0.05) is 0 Å². The van der Waals surface area contributed by atoms with Crippen LogP contribution in [0, 0.1) is 0 Å². The van der Waals surface area contributed by atoms with E-state index in [0.717, 1.165) is 11.0 Å². The van der Waals surface area contributed by atoms with Crippen molar-refractivity contribution in [3.63, 3.8) is 0 Å². The molecule has 0 aromatic carbocycles. The largest absolute Gasteiger partial charge is 0.456 e. The molecule has 1 aromatic heterocycles. The van der Waals surface area contributed by atoms with Crippen LogP contribution in [0.2, 0.25) is 0 Å². The van der Waals surface area contributed by atoms with Gasteiger partial charge in [0.1, 0.15) is 20.3 Å². The summed E-state index contributed by atoms with van der Waals surface area (Å²) in [7, 11) is 7.72. The van der Waals surface area contributed by atoms with Gasteiger partial charge in [-0.2, -0.15) is 0 Å². The number of hydrogen-bond donors (Lipinski definition) is 0. The molecule has 94 valence electrons. The van der Waals surface area contributed by atoms with Crippen LogP contribution in [0.15, 0.2) is 24.5 Å². The highest BCUT2D eigenvalue weighted by molar-refractivity contribution is 5.88. The van der Waals surface area contributed by atoms with Gasteiger partial charge in [0.15, 0.2) is 0 Å². The fourth-order valence-electron chi connectivity index (χ4n) is 1.17. The van der Waals surface area contributed by atoms with Crippen molar-refractivity contribution in [1.82, 2.24) is 0 Å². The van der Waals surface area contributed by atoms with E-state index in [4.69, 9.17) is 9.57 Å². The van der Waals surface area contributed by atoms with Gasteiger partial charge in [0.25, 0.3) is 0 Å². The predicted molar refractivity (Wildman–Crippen MR) is 62.3 cm³/mol. The van der Waals surface area contributed by atoms with Crippen molar-refractivity contribution in [2.75, 3.05) is 41.4 Å². The van der Waals surface area contributed by atoms with Crippen LogP contribution >= 0.6 is 0 Å². The maximum atomic E-state index is 11.7. The zero-order valence-corrected chi connectivity index (χ0v) is 10.8. The molecule has 0 aliphatic rings. The van der Waals surface area contributed by atoms with Gasteiger partial charge in [0, 0.05) is 16.9 Å². The van der Waals surface area contributed by atoms with Crippen LogP contribution in [0.3, 0.4) is 0 Å². The minimum absolute atomic E-state index is 0.304. The molecular weight excluding hydrogens is 220 g/mol. The van der Waals surface area contributed by atoms with E-state index in [2.05, 4.69) is 21.1 Å². The van der Waals surface area contributed by atoms with Gasteiger partial charge in [-0.25, -0.2) is 4.79 Å². The number of hydrogen-bond acceptors (Lipinski definition) is 3. The highest BCUT2D eigenvalue weighted by Crippen LogP contribution is 1.99. The molecule has 0 amide bonds. The summed E-state index contributed by atoms with van der Waals surface area (Å²) in [6.45, 7) is 1.21. The molecule has 0 aliphatic heterocycles. The summed E-state index contributed by atoms with van der Waals surface area (Å²) in [5, 5.41) is 0. The number of quaternary nitrogens is 1. The summed E-state index contributed by atoms with van der Waals surface area (Å²) in [6.07, 6.45) is 3.33. The van der Waals surface area contributed by atoms with Crippen molar-refractivity contribution in [2.24, 2.45) is 0 Å². The van der Waals surface area contributed by atoms with E-state index in [1.165, 1.54) is 4.73 Å². The first-order chi connectivity index (χ1) is 7.92. The van der Waals surface area contributed by atoms with Gasteiger partial charge in [0.05, 0.1) is 26.7 Å². The third-order valence-corrected chi connectivity index (χ3v) is 2.24. The molecule has 5 nitrogen and oxygen atoms in total. The number of esters is 1. The smallest absolute Gasteiger partial charge is 0.338 e. The summed E-state index contributed by atoms with van der Waals surface area (Å²) in [5.74, 6) is -0.304. The van der Waals surface area contributed by atoms with Gasteiger partial charge in [-0.05, 0) is 0 Å². The number of carbonyl (C=O) groups is 1. The van der Waals surface area contributed by atoms with Crippen LogP contribution in [0.4, 0.5) is 0 Å². The molecule has 0 aliphatic carbocycles. The molecule has 0 saturated heterocycles. The average molecular weight is 240 g/mol. The first kappa shape index (κ1) is 13.4. The van der Waals surface area contributed by atoms with E-state index in [-0.39, 0.29) is 5.97 Å². The number of likely N-dealkylation sites (N-methyl/N-ethyl adjacent to an activating group) is 1. The van der Waals surface area contributed by atoms with Crippen molar-refractivity contribution in [2.45, 2.75) is 0 Å². The lowest BCUT2D eigenvalue weighted by Crippen LogP contribution is -2.39. The third kappa shape index (κ3) is 4.82. The van der Waals surface area contributed by atoms with Crippen LogP contribution in [0.25, 0.3) is 0 Å². The molecule has 0 spiro atoms. The molecule has 0 unspecified atom stereocenters. The molecule has 0 bridgehead atoms. The van der Waals surface area contributed by atoms with Crippen molar-refractivity contribution >= 4 is 5.97 Å². The lowest BCUT2D eigenvalue weighted by Gasteiger charge is -2.23. The quantitative estimate of drug-likeness (QED) is 0.410. The monoisotopic (exact) mass is 240 g/mol. The summed E-state index contributed by atoms with van der Waals surface area (Å²) in [4.78, 5) is 16.6. The van der Waals surface area contributed by atoms with E-state index < -0.39 is 0 Å². The van der Waals surface area contributed by atoms with Crippen molar-refractivity contribution in [3.05, 3.63) is 30.1 Å². The maximum Gasteiger partial charge on any atom is 0.338 e. The van der Waals surface area contributed by atoms with E-state index in [9.17, 15) is 4.79 Å². The Balaban J connectivity index is 2.47. The van der Waals surface area contributed by atoms with Crippen LogP contribution in [0.1, 0.15) is 10.4 Å². The molecule has 0 saturated carbocycles. The Hall–Kier alpha value is -1.62. The normalized spacial score (nSPS) is 11.1. The fraction of sp³-hybridized carbons (Fsp3) is 0.500. The van der Waals surface area contributed by atoms with Crippen LogP contribution < -0.4 is 9.57 Å². The standard InChI is InChI=1S/C12H20N2O3/c1-14(2,3)9-10-17-12(15)11-5-7-13(16-4)8-6-11/h5-8H,9-10H2,1-4H3/q+2. The molecule has 0 radical (unpaired) electrons. The molecule has 1 heterocycles. The second kappa shape index (κ2) is 5.63. The number of pyridine rings is 1. The first-order valence-electron chi connectivity index (χ1n) is 5.46. The van der Waals surface area contributed by atoms with E-state index in [1.807, 2.05) is 0 Å². The number of rotatable bonds is 5. The highest BCUT2D eigenvalue weighted by Gasteiger charge is 2.12. The topological polar surface area (TPSA) is 39.4 Å². The van der Waals surface area contributed by atoms with Crippen molar-refractivity contribution < 1.29 is 23.6 Å². The van der Waals surface area contributed by atoms with Gasteiger partial charge in [0.2, 0.25) is 12.4 Å². The summed E-state index contributed by atoms with van der Waals surface area (Å²) < 4.78 is 7.45. The van der Waals surface area contributed by atoms with Crippen molar-refractivity contribution in [3.8, 4) is 0 Å². The first-order valence-corrected chi connectivity index (χ1v) is 5.46. The summed E-state index contributed by atoms with van der Waals surface area (Å²) >= 11 is 0. The second-order valence-corrected chi connectivity index (χ2v) is 4.78. The van der Waals surface area contributed by atoms with Gasteiger partial charge in [-0.15, -0.1) is 0 Å². The lowest BCUT2D eigenvalue weighted by atomic mass is 10.3. The van der Waals surface area contributed by atoms with Gasteiger partial charge < -0.3 is 9.22 Å². The van der Waals surface area contributed by atoms with Crippen LogP contribution in [-0.2, 0) is 4.74 Å². The Labute approximate surface area is 102 Å². The van der Waals surface area contributed by atoms with E-state index in [0.29, 0.717) is 12.2 Å².